The van der Waals surface area contributed by atoms with Gasteiger partial charge in [0.15, 0.2) is 5.82 Å². The molecular formula is C18H21N7O2. The van der Waals surface area contributed by atoms with Gasteiger partial charge in [-0.2, -0.15) is 0 Å². The number of aromatic amines is 1. The molecule has 0 radical (unpaired) electrons. The van der Waals surface area contributed by atoms with Crippen LogP contribution >= 0.6 is 0 Å². The predicted octanol–water partition coefficient (Wildman–Crippen LogP) is 1.73. The van der Waals surface area contributed by atoms with Crippen molar-refractivity contribution in [3.8, 4) is 11.4 Å². The molecule has 140 valence electrons. The molecule has 27 heavy (non-hydrogen) atoms. The minimum absolute atomic E-state index is 0.322. The van der Waals surface area contributed by atoms with E-state index in [0.717, 1.165) is 29.7 Å². The van der Waals surface area contributed by atoms with Crippen molar-refractivity contribution in [1.82, 2.24) is 25.3 Å². The van der Waals surface area contributed by atoms with Crippen LogP contribution in [0.5, 0.6) is 0 Å². The fraction of sp³-hybridized carbons (Fsp3) is 0.333. The van der Waals surface area contributed by atoms with E-state index in [1.165, 1.54) is 0 Å². The second-order valence-corrected chi connectivity index (χ2v) is 6.42. The van der Waals surface area contributed by atoms with Crippen molar-refractivity contribution >= 4 is 28.7 Å². The maximum absolute atomic E-state index is 11.8. The van der Waals surface area contributed by atoms with E-state index in [4.69, 9.17) is 0 Å². The van der Waals surface area contributed by atoms with Gasteiger partial charge < -0.3 is 20.3 Å². The van der Waals surface area contributed by atoms with Gasteiger partial charge in [0.25, 0.3) is 0 Å². The number of nitrogens with zero attached hydrogens (tertiary/aromatic N) is 4. The first-order chi connectivity index (χ1) is 13.1. The maximum atomic E-state index is 11.8. The van der Waals surface area contributed by atoms with Crippen LogP contribution in [-0.2, 0) is 0 Å². The third-order valence-corrected chi connectivity index (χ3v) is 4.48. The lowest BCUT2D eigenvalue weighted by atomic mass is 10.1. The summed E-state index contributed by atoms with van der Waals surface area (Å²) in [6, 6.07) is 5.38. The number of H-pyrrole nitrogens is 1. The average molecular weight is 367 g/mol. The van der Waals surface area contributed by atoms with Gasteiger partial charge in [0.2, 0.25) is 5.95 Å². The van der Waals surface area contributed by atoms with Gasteiger partial charge in [-0.05, 0) is 31.5 Å². The summed E-state index contributed by atoms with van der Waals surface area (Å²) in [5, 5.41) is 15.2. The van der Waals surface area contributed by atoms with Gasteiger partial charge in [-0.15, -0.1) is 0 Å². The van der Waals surface area contributed by atoms with E-state index >= 15 is 0 Å². The molecule has 0 bridgehead atoms. The van der Waals surface area contributed by atoms with E-state index < -0.39 is 0 Å². The molecule has 2 aromatic heterocycles. The third kappa shape index (κ3) is 3.54. The van der Waals surface area contributed by atoms with Crippen molar-refractivity contribution < 1.29 is 9.90 Å². The summed E-state index contributed by atoms with van der Waals surface area (Å²) in [7, 11) is 0. The standard InChI is InChI=1S/C18H21N7O2/c1-2-19-18(27)24-17-22-14-9-11(25-7-4-12(26)10-25)8-13(15(14)23-17)16-20-5-3-6-21-16/h3,5-6,8-9,12,26H,2,4,7,10H2,1H3,(H3,19,22,23,24,27). The van der Waals surface area contributed by atoms with Crippen molar-refractivity contribution in [2.24, 2.45) is 0 Å². The minimum atomic E-state index is -0.325. The number of amides is 2. The summed E-state index contributed by atoms with van der Waals surface area (Å²) in [4.78, 5) is 30.3. The Hall–Kier alpha value is -3.20. The number of fused-ring (bicyclic) bond motifs is 1. The summed E-state index contributed by atoms with van der Waals surface area (Å²) in [5.74, 6) is 0.909. The van der Waals surface area contributed by atoms with Crippen LogP contribution in [0.15, 0.2) is 30.6 Å². The Balaban J connectivity index is 1.79. The lowest BCUT2D eigenvalue weighted by Gasteiger charge is -2.18. The Bertz CT molecular complexity index is 957. The molecule has 2 amide bonds. The van der Waals surface area contributed by atoms with Gasteiger partial charge in [-0.25, -0.2) is 19.7 Å². The van der Waals surface area contributed by atoms with Crippen LogP contribution in [0.3, 0.4) is 0 Å². The molecule has 1 saturated heterocycles. The molecule has 1 aromatic carbocycles. The lowest BCUT2D eigenvalue weighted by Crippen LogP contribution is -2.28. The van der Waals surface area contributed by atoms with Crippen LogP contribution in [0, 0.1) is 0 Å². The van der Waals surface area contributed by atoms with Crippen LogP contribution in [0.2, 0.25) is 0 Å². The number of aliphatic hydroxyl groups is 1. The molecule has 3 aromatic rings. The molecule has 1 atom stereocenters. The lowest BCUT2D eigenvalue weighted by molar-refractivity contribution is 0.198. The number of carbonyl (C=O) groups excluding carboxylic acids is 1. The fourth-order valence-corrected chi connectivity index (χ4v) is 3.24. The van der Waals surface area contributed by atoms with E-state index in [1.807, 2.05) is 19.1 Å². The molecule has 4 N–H and O–H groups in total. The molecule has 1 aliphatic heterocycles. The van der Waals surface area contributed by atoms with E-state index in [1.54, 1.807) is 18.5 Å². The molecule has 1 unspecified atom stereocenters. The van der Waals surface area contributed by atoms with Gasteiger partial charge in [0, 0.05) is 43.3 Å². The Morgan fingerprint density at radius 2 is 2.19 bits per heavy atom. The molecule has 0 spiro atoms. The highest BCUT2D eigenvalue weighted by Crippen LogP contribution is 2.32. The van der Waals surface area contributed by atoms with Crippen molar-refractivity contribution in [3.05, 3.63) is 30.6 Å². The predicted molar refractivity (Wildman–Crippen MR) is 103 cm³/mol. The maximum Gasteiger partial charge on any atom is 0.321 e. The zero-order valence-electron chi connectivity index (χ0n) is 14.9. The first kappa shape index (κ1) is 17.2. The Kier molecular flexibility index (Phi) is 4.59. The number of imidazole rings is 1. The number of nitrogens with one attached hydrogen (secondary N) is 3. The highest BCUT2D eigenvalue weighted by molar-refractivity contribution is 5.96. The van der Waals surface area contributed by atoms with Crippen molar-refractivity contribution in [2.75, 3.05) is 29.9 Å². The number of hydrogen-bond donors (Lipinski definition) is 4. The zero-order valence-corrected chi connectivity index (χ0v) is 14.9. The first-order valence-electron chi connectivity index (χ1n) is 8.93. The highest BCUT2D eigenvalue weighted by atomic mass is 16.3. The summed E-state index contributed by atoms with van der Waals surface area (Å²) < 4.78 is 0. The average Bonchev–Trinajstić information content (AvgIpc) is 3.27. The molecule has 3 heterocycles. The summed E-state index contributed by atoms with van der Waals surface area (Å²) in [6.07, 6.45) is 3.78. The smallest absolute Gasteiger partial charge is 0.321 e. The Morgan fingerprint density at radius 3 is 2.89 bits per heavy atom. The molecule has 0 saturated carbocycles. The van der Waals surface area contributed by atoms with Crippen LogP contribution in [-0.4, -0.2) is 56.8 Å². The molecule has 9 nitrogen and oxygen atoms in total. The largest absolute Gasteiger partial charge is 0.391 e. The van der Waals surface area contributed by atoms with Crippen LogP contribution in [0.1, 0.15) is 13.3 Å². The third-order valence-electron chi connectivity index (χ3n) is 4.48. The number of carbonyl (C=O) groups is 1. The van der Waals surface area contributed by atoms with E-state index in [-0.39, 0.29) is 12.1 Å². The summed E-state index contributed by atoms with van der Waals surface area (Å²) >= 11 is 0. The van der Waals surface area contributed by atoms with E-state index in [2.05, 4.69) is 35.5 Å². The van der Waals surface area contributed by atoms with Gasteiger partial charge in [-0.1, -0.05) is 0 Å². The topological polar surface area (TPSA) is 119 Å². The molecule has 1 aliphatic rings. The van der Waals surface area contributed by atoms with Crippen molar-refractivity contribution in [2.45, 2.75) is 19.4 Å². The van der Waals surface area contributed by atoms with Crippen LogP contribution in [0.25, 0.3) is 22.4 Å². The van der Waals surface area contributed by atoms with E-state index in [0.29, 0.717) is 30.4 Å². The van der Waals surface area contributed by atoms with E-state index in [9.17, 15) is 9.90 Å². The highest BCUT2D eigenvalue weighted by Gasteiger charge is 2.23. The number of rotatable bonds is 4. The summed E-state index contributed by atoms with van der Waals surface area (Å²) in [5.41, 5.74) is 3.17. The van der Waals surface area contributed by atoms with Gasteiger partial charge >= 0.3 is 6.03 Å². The number of β-amino-alcohol motifs (C(OH)–C–C–N with tert-alkyl or cyclic N) is 1. The second kappa shape index (κ2) is 7.20. The van der Waals surface area contributed by atoms with Crippen LogP contribution in [0.4, 0.5) is 16.4 Å². The molecule has 1 fully saturated rings. The number of anilines is 2. The monoisotopic (exact) mass is 367 g/mol. The fourth-order valence-electron chi connectivity index (χ4n) is 3.24. The first-order valence-corrected chi connectivity index (χ1v) is 8.93. The van der Waals surface area contributed by atoms with Crippen molar-refractivity contribution in [1.29, 1.82) is 0 Å². The Labute approximate surface area is 155 Å². The molecular weight excluding hydrogens is 346 g/mol. The summed E-state index contributed by atoms with van der Waals surface area (Å²) in [6.45, 7) is 3.73. The molecule has 0 aliphatic carbocycles. The normalized spacial score (nSPS) is 16.7. The number of benzene rings is 1. The van der Waals surface area contributed by atoms with Gasteiger partial charge in [0.05, 0.1) is 11.6 Å². The Morgan fingerprint density at radius 1 is 1.37 bits per heavy atom. The minimum Gasteiger partial charge on any atom is -0.391 e. The molecule has 4 rings (SSSR count). The van der Waals surface area contributed by atoms with Crippen LogP contribution < -0.4 is 15.5 Å². The number of hydrogen-bond acceptors (Lipinski definition) is 6. The van der Waals surface area contributed by atoms with Gasteiger partial charge in [-0.3, -0.25) is 5.32 Å². The number of aliphatic hydroxyl groups excluding tert-OH is 1. The van der Waals surface area contributed by atoms with Gasteiger partial charge in [0.1, 0.15) is 5.52 Å². The zero-order chi connectivity index (χ0) is 18.8. The van der Waals surface area contributed by atoms with Crippen molar-refractivity contribution in [3.63, 3.8) is 0 Å². The second-order valence-electron chi connectivity index (χ2n) is 6.42. The number of aromatic nitrogens is 4. The molecule has 9 heteroatoms. The number of urea groups is 1. The quantitative estimate of drug-likeness (QED) is 0.558. The SMILES string of the molecule is CCNC(=O)Nc1nc2c(-c3ncccn3)cc(N3CCC(O)C3)cc2[nH]1.